The second kappa shape index (κ2) is 3.56. The number of nitrogens with two attached hydrogens (primary N) is 1. The van der Waals surface area contributed by atoms with Crippen LogP contribution in [0.25, 0.3) is 0 Å². The maximum atomic E-state index is 11.3. The van der Waals surface area contributed by atoms with Gasteiger partial charge in [0, 0.05) is 5.41 Å². The van der Waals surface area contributed by atoms with Gasteiger partial charge in [-0.25, -0.2) is 0 Å². The smallest absolute Gasteiger partial charge is 0.223 e. The minimum Gasteiger partial charge on any atom is -0.369 e. The van der Waals surface area contributed by atoms with Crippen molar-refractivity contribution in [2.75, 3.05) is 0 Å². The van der Waals surface area contributed by atoms with Gasteiger partial charge >= 0.3 is 0 Å². The maximum Gasteiger partial charge on any atom is 0.223 e. The highest BCUT2D eigenvalue weighted by molar-refractivity contribution is 5.80. The summed E-state index contributed by atoms with van der Waals surface area (Å²) in [6.45, 7) is 8.88. The summed E-state index contributed by atoms with van der Waals surface area (Å²) in [6.07, 6.45) is 4.17. The Kier molecular flexibility index (Phi) is 2.93. The van der Waals surface area contributed by atoms with Crippen LogP contribution >= 0.6 is 0 Å². The average Bonchev–Trinajstić information content (AvgIpc) is 2.10. The van der Waals surface area contributed by atoms with Crippen LogP contribution in [0.3, 0.4) is 0 Å². The molecule has 1 aliphatic carbocycles. The molecule has 1 amide bonds. The van der Waals surface area contributed by atoms with Gasteiger partial charge in [0.1, 0.15) is 0 Å². The number of carbonyl (C=O) groups is 1. The molecule has 0 atom stereocenters. The Hall–Kier alpha value is -0.530. The van der Waals surface area contributed by atoms with Crippen molar-refractivity contribution in [3.63, 3.8) is 0 Å². The number of hydrogen-bond acceptors (Lipinski definition) is 1. The molecule has 1 aliphatic rings. The van der Waals surface area contributed by atoms with Crippen molar-refractivity contribution in [1.82, 2.24) is 0 Å². The second-order valence-electron chi connectivity index (χ2n) is 5.73. The van der Waals surface area contributed by atoms with E-state index in [4.69, 9.17) is 5.73 Å². The SMILES string of the molecule is CC(C)C1(C)CCC(C)(C(N)=O)CC1. The largest absolute Gasteiger partial charge is 0.369 e. The van der Waals surface area contributed by atoms with Gasteiger partial charge in [-0.15, -0.1) is 0 Å². The molecule has 0 aromatic heterocycles. The number of carbonyl (C=O) groups excluding carboxylic acids is 1. The summed E-state index contributed by atoms with van der Waals surface area (Å²) in [5.74, 6) is 0.572. The van der Waals surface area contributed by atoms with Gasteiger partial charge in [0.05, 0.1) is 0 Å². The Bertz CT molecular complexity index is 224. The van der Waals surface area contributed by atoms with E-state index in [2.05, 4.69) is 20.8 Å². The molecule has 0 spiro atoms. The predicted molar refractivity (Wildman–Crippen MR) is 58.7 cm³/mol. The van der Waals surface area contributed by atoms with Gasteiger partial charge in [0.2, 0.25) is 5.91 Å². The highest BCUT2D eigenvalue weighted by Gasteiger charge is 2.41. The van der Waals surface area contributed by atoms with Gasteiger partial charge in [-0.1, -0.05) is 27.7 Å². The summed E-state index contributed by atoms with van der Waals surface area (Å²) in [4.78, 5) is 11.3. The summed E-state index contributed by atoms with van der Waals surface area (Å²) in [7, 11) is 0. The van der Waals surface area contributed by atoms with Crippen LogP contribution in [0.15, 0.2) is 0 Å². The molecule has 0 heterocycles. The second-order valence-corrected chi connectivity index (χ2v) is 5.73. The van der Waals surface area contributed by atoms with E-state index >= 15 is 0 Å². The molecular formula is C12H23NO. The minimum absolute atomic E-state index is 0.122. The van der Waals surface area contributed by atoms with Crippen LogP contribution in [0.2, 0.25) is 0 Å². The Labute approximate surface area is 87.2 Å². The Balaban J connectivity index is 2.66. The molecule has 0 aromatic carbocycles. The summed E-state index contributed by atoms with van der Waals surface area (Å²) >= 11 is 0. The zero-order valence-corrected chi connectivity index (χ0v) is 9.89. The maximum absolute atomic E-state index is 11.3. The monoisotopic (exact) mass is 197 g/mol. The molecule has 0 aliphatic heterocycles. The van der Waals surface area contributed by atoms with Crippen LogP contribution in [0, 0.1) is 16.7 Å². The van der Waals surface area contributed by atoms with Gasteiger partial charge in [-0.05, 0) is 37.0 Å². The molecule has 0 aromatic rings. The van der Waals surface area contributed by atoms with E-state index in [0.29, 0.717) is 11.3 Å². The van der Waals surface area contributed by atoms with Crippen LogP contribution < -0.4 is 5.73 Å². The first-order chi connectivity index (χ1) is 6.30. The van der Waals surface area contributed by atoms with Gasteiger partial charge < -0.3 is 5.73 Å². The molecule has 0 radical (unpaired) electrons. The standard InChI is InChI=1S/C12H23NO/c1-9(2)11(3)5-7-12(4,8-6-11)10(13)14/h9H,5-8H2,1-4H3,(H2,13,14). The minimum atomic E-state index is -0.242. The summed E-state index contributed by atoms with van der Waals surface area (Å²) in [6, 6.07) is 0. The number of rotatable bonds is 2. The third-order valence-electron chi connectivity index (χ3n) is 4.48. The van der Waals surface area contributed by atoms with E-state index in [-0.39, 0.29) is 11.3 Å². The molecule has 1 rings (SSSR count). The summed E-state index contributed by atoms with van der Waals surface area (Å²) < 4.78 is 0. The first kappa shape index (κ1) is 11.5. The third kappa shape index (κ3) is 1.94. The number of amides is 1. The van der Waals surface area contributed by atoms with Crippen molar-refractivity contribution in [2.45, 2.75) is 53.4 Å². The Morgan fingerprint density at radius 2 is 1.57 bits per heavy atom. The molecule has 2 heteroatoms. The van der Waals surface area contributed by atoms with Crippen molar-refractivity contribution in [3.8, 4) is 0 Å². The zero-order valence-electron chi connectivity index (χ0n) is 9.89. The molecule has 0 saturated heterocycles. The molecule has 0 bridgehead atoms. The summed E-state index contributed by atoms with van der Waals surface area (Å²) in [5.41, 5.74) is 5.60. The fourth-order valence-corrected chi connectivity index (χ4v) is 2.20. The van der Waals surface area contributed by atoms with Gasteiger partial charge in [-0.2, -0.15) is 0 Å². The molecule has 1 fully saturated rings. The lowest BCUT2D eigenvalue weighted by Crippen LogP contribution is -2.41. The quantitative estimate of drug-likeness (QED) is 0.726. The van der Waals surface area contributed by atoms with E-state index in [1.54, 1.807) is 0 Å². The molecule has 14 heavy (non-hydrogen) atoms. The van der Waals surface area contributed by atoms with E-state index in [9.17, 15) is 4.79 Å². The number of hydrogen-bond donors (Lipinski definition) is 1. The first-order valence-electron chi connectivity index (χ1n) is 5.60. The average molecular weight is 197 g/mol. The lowest BCUT2D eigenvalue weighted by atomic mass is 9.61. The van der Waals surface area contributed by atoms with Gasteiger partial charge in [0.15, 0.2) is 0 Å². The molecular weight excluding hydrogens is 174 g/mol. The van der Waals surface area contributed by atoms with E-state index in [0.717, 1.165) is 25.7 Å². The van der Waals surface area contributed by atoms with Crippen molar-refractivity contribution in [2.24, 2.45) is 22.5 Å². The van der Waals surface area contributed by atoms with Crippen LogP contribution in [-0.4, -0.2) is 5.91 Å². The van der Waals surface area contributed by atoms with Gasteiger partial charge in [0.25, 0.3) is 0 Å². The Morgan fingerprint density at radius 1 is 1.14 bits per heavy atom. The lowest BCUT2D eigenvalue weighted by Gasteiger charge is -2.44. The summed E-state index contributed by atoms with van der Waals surface area (Å²) in [5, 5.41) is 0. The molecule has 2 N–H and O–H groups in total. The zero-order chi connectivity index (χ0) is 11.0. The van der Waals surface area contributed by atoms with Crippen LogP contribution in [-0.2, 0) is 4.79 Å². The van der Waals surface area contributed by atoms with Gasteiger partial charge in [-0.3, -0.25) is 4.79 Å². The Morgan fingerprint density at radius 3 is 1.86 bits per heavy atom. The van der Waals surface area contributed by atoms with Crippen LogP contribution in [0.5, 0.6) is 0 Å². The van der Waals surface area contributed by atoms with Crippen molar-refractivity contribution < 1.29 is 4.79 Å². The normalized spacial score (nSPS) is 38.6. The van der Waals surface area contributed by atoms with E-state index in [1.165, 1.54) is 0 Å². The molecule has 1 saturated carbocycles. The van der Waals surface area contributed by atoms with E-state index in [1.807, 2.05) is 6.92 Å². The van der Waals surface area contributed by atoms with Crippen molar-refractivity contribution >= 4 is 5.91 Å². The third-order valence-corrected chi connectivity index (χ3v) is 4.48. The first-order valence-corrected chi connectivity index (χ1v) is 5.60. The highest BCUT2D eigenvalue weighted by Crippen LogP contribution is 2.48. The predicted octanol–water partition coefficient (Wildman–Crippen LogP) is 2.71. The van der Waals surface area contributed by atoms with Crippen LogP contribution in [0.4, 0.5) is 0 Å². The highest BCUT2D eigenvalue weighted by atomic mass is 16.1. The topological polar surface area (TPSA) is 43.1 Å². The molecule has 2 nitrogen and oxygen atoms in total. The lowest BCUT2D eigenvalue weighted by molar-refractivity contribution is -0.130. The number of primary amides is 1. The van der Waals surface area contributed by atoms with Crippen molar-refractivity contribution in [1.29, 1.82) is 0 Å². The fourth-order valence-electron chi connectivity index (χ4n) is 2.20. The molecule has 0 unspecified atom stereocenters. The van der Waals surface area contributed by atoms with Crippen LogP contribution in [0.1, 0.15) is 53.4 Å². The van der Waals surface area contributed by atoms with Crippen molar-refractivity contribution in [3.05, 3.63) is 0 Å². The molecule has 82 valence electrons. The van der Waals surface area contributed by atoms with E-state index < -0.39 is 0 Å². The fraction of sp³-hybridized carbons (Fsp3) is 0.917.